The number of amides is 2. The molecule has 2 saturated heterocycles. The number of nitrogens with zero attached hydrogens (tertiary/aromatic N) is 5. The highest BCUT2D eigenvalue weighted by molar-refractivity contribution is 7.91. The third-order valence-corrected chi connectivity index (χ3v) is 7.03. The maximum atomic E-state index is 14.0. The Morgan fingerprint density at radius 3 is 2.79 bits per heavy atom. The van der Waals surface area contributed by atoms with Crippen LogP contribution in [-0.4, -0.2) is 71.8 Å². The van der Waals surface area contributed by atoms with E-state index in [2.05, 4.69) is 15.4 Å². The fourth-order valence-electron chi connectivity index (χ4n) is 3.80. The lowest BCUT2D eigenvalue weighted by Gasteiger charge is -2.23. The predicted octanol–water partition coefficient (Wildman–Crippen LogP) is 1.52. The summed E-state index contributed by atoms with van der Waals surface area (Å²) in [6.07, 6.45) is 4.28. The lowest BCUT2D eigenvalue weighted by atomic mass is 10.3. The molecular weight excluding hydrogens is 399 g/mol. The quantitative estimate of drug-likeness (QED) is 0.805. The molecule has 0 aromatic carbocycles. The second kappa shape index (κ2) is 7.97. The third kappa shape index (κ3) is 4.34. The summed E-state index contributed by atoms with van der Waals surface area (Å²) in [7, 11) is -3.05. The summed E-state index contributed by atoms with van der Waals surface area (Å²) < 4.78 is 39.1. The van der Waals surface area contributed by atoms with Crippen LogP contribution in [-0.2, 0) is 9.84 Å². The minimum absolute atomic E-state index is 0.0336. The first-order valence-electron chi connectivity index (χ1n) is 9.58. The van der Waals surface area contributed by atoms with Crippen LogP contribution >= 0.6 is 0 Å². The van der Waals surface area contributed by atoms with Crippen molar-refractivity contribution in [3.8, 4) is 0 Å². The van der Waals surface area contributed by atoms with Gasteiger partial charge in [0, 0.05) is 38.4 Å². The zero-order valence-electron chi connectivity index (χ0n) is 15.9. The summed E-state index contributed by atoms with van der Waals surface area (Å²) in [5.74, 6) is 0.577. The number of aromatic nitrogens is 3. The number of sulfone groups is 1. The number of halogens is 1. The molecule has 4 heterocycles. The molecule has 1 atom stereocenters. The molecule has 0 spiro atoms. The molecule has 2 aliphatic heterocycles. The number of urea groups is 1. The maximum Gasteiger partial charge on any atom is 0.323 e. The average Bonchev–Trinajstić information content (AvgIpc) is 3.19. The van der Waals surface area contributed by atoms with Gasteiger partial charge in [0.05, 0.1) is 23.7 Å². The van der Waals surface area contributed by atoms with Crippen molar-refractivity contribution in [3.63, 3.8) is 0 Å². The highest BCUT2D eigenvalue weighted by atomic mass is 32.2. The van der Waals surface area contributed by atoms with Gasteiger partial charge in [0.2, 0.25) is 0 Å². The zero-order chi connectivity index (χ0) is 20.4. The van der Waals surface area contributed by atoms with Crippen molar-refractivity contribution in [2.75, 3.05) is 47.9 Å². The van der Waals surface area contributed by atoms with Gasteiger partial charge < -0.3 is 9.80 Å². The lowest BCUT2D eigenvalue weighted by Crippen LogP contribution is -2.38. The minimum Gasteiger partial charge on any atom is -0.352 e. The van der Waals surface area contributed by atoms with E-state index in [-0.39, 0.29) is 29.4 Å². The van der Waals surface area contributed by atoms with Crippen LogP contribution in [0.25, 0.3) is 0 Å². The number of carbonyl (C=O) groups is 1. The number of carbonyl (C=O) groups excluding carboxylic acids is 1. The van der Waals surface area contributed by atoms with E-state index >= 15 is 0 Å². The van der Waals surface area contributed by atoms with Crippen molar-refractivity contribution < 1.29 is 17.6 Å². The van der Waals surface area contributed by atoms with Crippen LogP contribution in [0.15, 0.2) is 30.6 Å². The van der Waals surface area contributed by atoms with E-state index in [0.717, 1.165) is 0 Å². The number of rotatable bonds is 3. The molecule has 0 radical (unpaired) electrons. The van der Waals surface area contributed by atoms with Crippen molar-refractivity contribution in [2.45, 2.75) is 18.9 Å². The molecule has 9 nitrogen and oxygen atoms in total. The van der Waals surface area contributed by atoms with Crippen LogP contribution in [0.1, 0.15) is 18.9 Å². The molecular formula is C18H23FN6O3S. The zero-order valence-corrected chi connectivity index (χ0v) is 16.7. The highest BCUT2D eigenvalue weighted by Crippen LogP contribution is 2.26. The van der Waals surface area contributed by atoms with Crippen LogP contribution in [0.5, 0.6) is 0 Å². The molecule has 2 aromatic heterocycles. The predicted molar refractivity (Wildman–Crippen MR) is 106 cm³/mol. The second-order valence-corrected chi connectivity index (χ2v) is 9.51. The average molecular weight is 422 g/mol. The SMILES string of the molecule is O=C(Nc1ccnn1C1CCS(=O)(=O)C1)N1CCCN(c2ncccc2F)CC1. The molecule has 2 aliphatic rings. The van der Waals surface area contributed by atoms with Crippen molar-refractivity contribution >= 4 is 27.5 Å². The Balaban J connectivity index is 1.40. The Kier molecular flexibility index (Phi) is 5.39. The van der Waals surface area contributed by atoms with Crippen LogP contribution in [0.3, 0.4) is 0 Å². The van der Waals surface area contributed by atoms with Crippen LogP contribution in [0.4, 0.5) is 20.8 Å². The van der Waals surface area contributed by atoms with E-state index in [1.54, 1.807) is 34.1 Å². The van der Waals surface area contributed by atoms with Gasteiger partial charge in [0.15, 0.2) is 21.5 Å². The Hall–Kier alpha value is -2.69. The molecule has 2 aromatic rings. The molecule has 1 unspecified atom stereocenters. The molecule has 1 N–H and O–H groups in total. The molecule has 29 heavy (non-hydrogen) atoms. The van der Waals surface area contributed by atoms with Gasteiger partial charge in [-0.3, -0.25) is 5.32 Å². The molecule has 156 valence electrons. The minimum atomic E-state index is -3.05. The number of anilines is 2. The second-order valence-electron chi connectivity index (χ2n) is 7.28. The summed E-state index contributed by atoms with van der Waals surface area (Å²) in [5.41, 5.74) is 0. The monoisotopic (exact) mass is 422 g/mol. The van der Waals surface area contributed by atoms with Gasteiger partial charge in [0.1, 0.15) is 5.82 Å². The Labute approximate surface area is 168 Å². The molecule has 4 rings (SSSR count). The largest absolute Gasteiger partial charge is 0.352 e. The van der Waals surface area contributed by atoms with E-state index in [1.165, 1.54) is 6.07 Å². The van der Waals surface area contributed by atoms with Gasteiger partial charge in [-0.05, 0) is 25.0 Å². The van der Waals surface area contributed by atoms with Crippen molar-refractivity contribution in [2.24, 2.45) is 0 Å². The van der Waals surface area contributed by atoms with Crippen LogP contribution in [0, 0.1) is 5.82 Å². The van der Waals surface area contributed by atoms with Crippen LogP contribution in [0.2, 0.25) is 0 Å². The maximum absolute atomic E-state index is 14.0. The number of hydrogen-bond acceptors (Lipinski definition) is 6. The Morgan fingerprint density at radius 1 is 1.17 bits per heavy atom. The van der Waals surface area contributed by atoms with E-state index in [9.17, 15) is 17.6 Å². The lowest BCUT2D eigenvalue weighted by molar-refractivity contribution is 0.215. The fourth-order valence-corrected chi connectivity index (χ4v) is 5.50. The van der Waals surface area contributed by atoms with Crippen LogP contribution < -0.4 is 10.2 Å². The summed E-state index contributed by atoms with van der Waals surface area (Å²) in [5, 5.41) is 7.05. The first kappa shape index (κ1) is 19.6. The standard InChI is InChI=1S/C18H23FN6O3S/c19-15-3-1-6-20-17(15)23-8-2-9-24(11-10-23)18(26)22-16-4-7-21-25(16)14-5-12-29(27,28)13-14/h1,3-4,6-7,14H,2,5,8-13H2,(H,22,26). The molecule has 11 heteroatoms. The fraction of sp³-hybridized carbons (Fsp3) is 0.500. The number of nitrogens with one attached hydrogen (secondary N) is 1. The number of pyridine rings is 1. The molecule has 0 bridgehead atoms. The van der Waals surface area contributed by atoms with E-state index in [0.29, 0.717) is 50.7 Å². The van der Waals surface area contributed by atoms with Crippen molar-refractivity contribution in [3.05, 3.63) is 36.4 Å². The van der Waals surface area contributed by atoms with E-state index < -0.39 is 9.84 Å². The topological polar surface area (TPSA) is 100 Å². The van der Waals surface area contributed by atoms with Crippen molar-refractivity contribution in [1.29, 1.82) is 0 Å². The molecule has 0 saturated carbocycles. The third-order valence-electron chi connectivity index (χ3n) is 5.28. The van der Waals surface area contributed by atoms with Crippen molar-refractivity contribution in [1.82, 2.24) is 19.7 Å². The summed E-state index contributed by atoms with van der Waals surface area (Å²) in [6.45, 7) is 2.04. The van der Waals surface area contributed by atoms with Gasteiger partial charge in [0.25, 0.3) is 0 Å². The summed E-state index contributed by atoms with van der Waals surface area (Å²) >= 11 is 0. The Morgan fingerprint density at radius 2 is 2.03 bits per heavy atom. The van der Waals surface area contributed by atoms with E-state index in [4.69, 9.17) is 0 Å². The van der Waals surface area contributed by atoms with Gasteiger partial charge in [-0.2, -0.15) is 5.10 Å². The van der Waals surface area contributed by atoms with Gasteiger partial charge in [-0.25, -0.2) is 27.3 Å². The Bertz CT molecular complexity index is 995. The van der Waals surface area contributed by atoms with Gasteiger partial charge in [-0.15, -0.1) is 0 Å². The smallest absolute Gasteiger partial charge is 0.323 e. The normalized spacial score (nSPS) is 21.8. The summed E-state index contributed by atoms with van der Waals surface area (Å²) in [6, 6.07) is 4.04. The molecule has 0 aliphatic carbocycles. The van der Waals surface area contributed by atoms with Gasteiger partial charge >= 0.3 is 6.03 Å². The molecule has 2 amide bonds. The van der Waals surface area contributed by atoms with Gasteiger partial charge in [-0.1, -0.05) is 0 Å². The number of hydrogen-bond donors (Lipinski definition) is 1. The van der Waals surface area contributed by atoms with E-state index in [1.807, 2.05) is 4.90 Å². The molecule has 2 fully saturated rings. The highest BCUT2D eigenvalue weighted by Gasteiger charge is 2.31. The summed E-state index contributed by atoms with van der Waals surface area (Å²) in [4.78, 5) is 20.4. The first-order valence-corrected chi connectivity index (χ1v) is 11.4. The first-order chi connectivity index (χ1) is 13.9.